The predicted octanol–water partition coefficient (Wildman–Crippen LogP) is 0.985. The number of hydrogen-bond donors (Lipinski definition) is 1. The lowest BCUT2D eigenvalue weighted by Gasteiger charge is -2.28. The van der Waals surface area contributed by atoms with Crippen LogP contribution in [0.4, 0.5) is 0 Å². The summed E-state index contributed by atoms with van der Waals surface area (Å²) in [5.74, 6) is 0.0798. The van der Waals surface area contributed by atoms with E-state index >= 15 is 0 Å². The van der Waals surface area contributed by atoms with Gasteiger partial charge in [-0.1, -0.05) is 12.8 Å². The molecular weight excluding hydrogens is 242 g/mol. The molecule has 0 aliphatic carbocycles. The highest BCUT2D eigenvalue weighted by atomic mass is 16.3. The summed E-state index contributed by atoms with van der Waals surface area (Å²) < 4.78 is 0. The van der Waals surface area contributed by atoms with Crippen LogP contribution in [0.5, 0.6) is 0 Å². The highest BCUT2D eigenvalue weighted by Gasteiger charge is 2.21. The predicted molar refractivity (Wildman–Crippen MR) is 73.4 cm³/mol. The highest BCUT2D eigenvalue weighted by Crippen LogP contribution is 2.16. The maximum atomic E-state index is 11.9. The van der Waals surface area contributed by atoms with Crippen LogP contribution in [0.1, 0.15) is 38.5 Å². The molecule has 19 heavy (non-hydrogen) atoms. The van der Waals surface area contributed by atoms with E-state index in [9.17, 15) is 9.90 Å². The minimum atomic E-state index is 0.0798. The molecule has 0 radical (unpaired) electrons. The Bertz CT molecular complexity index is 314. The fourth-order valence-electron chi connectivity index (χ4n) is 2.51. The Morgan fingerprint density at radius 3 is 2.95 bits per heavy atom. The average molecular weight is 267 g/mol. The summed E-state index contributed by atoms with van der Waals surface area (Å²) in [7, 11) is 1.74. The summed E-state index contributed by atoms with van der Waals surface area (Å²) in [5.41, 5.74) is 0. The second-order valence-corrected chi connectivity index (χ2v) is 5.20. The minimum Gasteiger partial charge on any atom is -0.395 e. The first-order valence-corrected chi connectivity index (χ1v) is 7.15. The van der Waals surface area contributed by atoms with E-state index in [1.807, 2.05) is 6.07 Å². The van der Waals surface area contributed by atoms with E-state index in [1.54, 1.807) is 11.9 Å². The van der Waals surface area contributed by atoms with Gasteiger partial charge in [0.1, 0.15) is 0 Å². The van der Waals surface area contributed by atoms with Crippen molar-refractivity contribution in [2.24, 2.45) is 0 Å². The lowest BCUT2D eigenvalue weighted by molar-refractivity contribution is -0.130. The van der Waals surface area contributed by atoms with Gasteiger partial charge in [-0.15, -0.1) is 0 Å². The van der Waals surface area contributed by atoms with Gasteiger partial charge in [0.25, 0.3) is 0 Å². The summed E-state index contributed by atoms with van der Waals surface area (Å²) >= 11 is 0. The van der Waals surface area contributed by atoms with E-state index < -0.39 is 0 Å². The molecular formula is C14H25N3O2. The van der Waals surface area contributed by atoms with Gasteiger partial charge in [0.15, 0.2) is 0 Å². The number of aliphatic hydroxyl groups excluding tert-OH is 1. The van der Waals surface area contributed by atoms with Crippen molar-refractivity contribution in [2.75, 3.05) is 33.3 Å². The smallest absolute Gasteiger partial charge is 0.223 e. The highest BCUT2D eigenvalue weighted by molar-refractivity contribution is 5.76. The Balaban J connectivity index is 2.36. The molecule has 1 atom stereocenters. The number of likely N-dealkylation sites (tertiary alicyclic amines) is 1. The molecule has 5 nitrogen and oxygen atoms in total. The van der Waals surface area contributed by atoms with Gasteiger partial charge in [0.2, 0.25) is 5.91 Å². The van der Waals surface area contributed by atoms with E-state index in [-0.39, 0.29) is 18.6 Å². The number of amides is 1. The topological polar surface area (TPSA) is 67.6 Å². The zero-order chi connectivity index (χ0) is 14.1. The number of rotatable bonds is 6. The summed E-state index contributed by atoms with van der Waals surface area (Å²) in [6.07, 6.45) is 5.40. The van der Waals surface area contributed by atoms with Crippen molar-refractivity contribution in [1.29, 1.82) is 5.26 Å². The van der Waals surface area contributed by atoms with Crippen LogP contribution in [0, 0.1) is 11.3 Å². The van der Waals surface area contributed by atoms with E-state index in [0.29, 0.717) is 25.9 Å². The summed E-state index contributed by atoms with van der Waals surface area (Å²) in [6, 6.07) is 2.25. The molecule has 0 aromatic carbocycles. The van der Waals surface area contributed by atoms with Crippen LogP contribution >= 0.6 is 0 Å². The fourth-order valence-corrected chi connectivity index (χ4v) is 2.51. The van der Waals surface area contributed by atoms with E-state index in [2.05, 4.69) is 4.90 Å². The minimum absolute atomic E-state index is 0.0798. The molecule has 1 rings (SSSR count). The van der Waals surface area contributed by atoms with Gasteiger partial charge in [0, 0.05) is 32.6 Å². The van der Waals surface area contributed by atoms with Crippen molar-refractivity contribution in [3.63, 3.8) is 0 Å². The van der Waals surface area contributed by atoms with Gasteiger partial charge in [0.05, 0.1) is 19.1 Å². The number of carbonyl (C=O) groups is 1. The molecule has 5 heteroatoms. The third-order valence-corrected chi connectivity index (χ3v) is 3.81. The van der Waals surface area contributed by atoms with Crippen molar-refractivity contribution in [2.45, 2.75) is 44.6 Å². The Hall–Kier alpha value is -1.12. The van der Waals surface area contributed by atoms with Gasteiger partial charge in [-0.2, -0.15) is 5.26 Å². The first-order valence-electron chi connectivity index (χ1n) is 7.15. The molecule has 1 aliphatic rings. The molecule has 1 saturated heterocycles. The Morgan fingerprint density at radius 1 is 1.47 bits per heavy atom. The first kappa shape index (κ1) is 15.9. The number of nitrogens with zero attached hydrogens (tertiary/aromatic N) is 3. The standard InChI is InChI=1S/C14H25N3O2/c1-16(9-5-8-15)14(19)7-11-17-10-4-2-3-6-13(17)12-18/h13,18H,2-7,9-12H2,1H3. The molecule has 108 valence electrons. The average Bonchev–Trinajstić information content (AvgIpc) is 2.66. The SMILES string of the molecule is CN(CCC#N)C(=O)CCN1CCCCCC1CO. The fraction of sp³-hybridized carbons (Fsp3) is 0.857. The third kappa shape index (κ3) is 5.58. The van der Waals surface area contributed by atoms with Crippen molar-refractivity contribution in [3.8, 4) is 6.07 Å². The van der Waals surface area contributed by atoms with E-state index in [0.717, 1.165) is 25.8 Å². The van der Waals surface area contributed by atoms with Crippen LogP contribution in [-0.4, -0.2) is 60.1 Å². The van der Waals surface area contributed by atoms with Crippen molar-refractivity contribution in [1.82, 2.24) is 9.80 Å². The molecule has 1 heterocycles. The van der Waals surface area contributed by atoms with Crippen LogP contribution in [0.2, 0.25) is 0 Å². The third-order valence-electron chi connectivity index (χ3n) is 3.81. The van der Waals surface area contributed by atoms with Crippen LogP contribution in [0.15, 0.2) is 0 Å². The first-order chi connectivity index (χ1) is 9.19. The second kappa shape index (κ2) is 8.89. The van der Waals surface area contributed by atoms with Gasteiger partial charge < -0.3 is 10.0 Å². The summed E-state index contributed by atoms with van der Waals surface area (Å²) in [5, 5.41) is 17.9. The summed E-state index contributed by atoms with van der Waals surface area (Å²) in [4.78, 5) is 15.8. The van der Waals surface area contributed by atoms with Crippen LogP contribution in [-0.2, 0) is 4.79 Å². The van der Waals surface area contributed by atoms with Gasteiger partial charge in [-0.3, -0.25) is 9.69 Å². The molecule has 1 unspecified atom stereocenters. The molecule has 1 aliphatic heterocycles. The molecule has 0 aromatic heterocycles. The lowest BCUT2D eigenvalue weighted by atomic mass is 10.1. The lowest BCUT2D eigenvalue weighted by Crippen LogP contribution is -2.40. The largest absolute Gasteiger partial charge is 0.395 e. The maximum Gasteiger partial charge on any atom is 0.223 e. The van der Waals surface area contributed by atoms with Crippen LogP contribution in [0.25, 0.3) is 0 Å². The van der Waals surface area contributed by atoms with Crippen molar-refractivity contribution < 1.29 is 9.90 Å². The van der Waals surface area contributed by atoms with Crippen molar-refractivity contribution >= 4 is 5.91 Å². The number of aliphatic hydroxyl groups is 1. The van der Waals surface area contributed by atoms with Gasteiger partial charge in [-0.05, 0) is 19.4 Å². The zero-order valence-corrected chi connectivity index (χ0v) is 11.8. The Morgan fingerprint density at radius 2 is 2.26 bits per heavy atom. The van der Waals surface area contributed by atoms with Gasteiger partial charge >= 0.3 is 0 Å². The zero-order valence-electron chi connectivity index (χ0n) is 11.8. The molecule has 0 saturated carbocycles. The van der Waals surface area contributed by atoms with E-state index in [1.165, 1.54) is 6.42 Å². The normalized spacial score (nSPS) is 20.6. The van der Waals surface area contributed by atoms with Gasteiger partial charge in [-0.25, -0.2) is 0 Å². The molecule has 1 amide bonds. The maximum absolute atomic E-state index is 11.9. The van der Waals surface area contributed by atoms with E-state index in [4.69, 9.17) is 5.26 Å². The number of carbonyl (C=O) groups excluding carboxylic acids is 1. The second-order valence-electron chi connectivity index (χ2n) is 5.20. The monoisotopic (exact) mass is 267 g/mol. The molecule has 0 aromatic rings. The molecule has 0 spiro atoms. The molecule has 0 bridgehead atoms. The van der Waals surface area contributed by atoms with Crippen LogP contribution < -0.4 is 0 Å². The number of hydrogen-bond acceptors (Lipinski definition) is 4. The van der Waals surface area contributed by atoms with Crippen molar-refractivity contribution in [3.05, 3.63) is 0 Å². The van der Waals surface area contributed by atoms with Crippen LogP contribution in [0.3, 0.4) is 0 Å². The quantitative estimate of drug-likeness (QED) is 0.779. The Labute approximate surface area is 115 Å². The summed E-state index contributed by atoms with van der Waals surface area (Å²) in [6.45, 7) is 2.36. The number of nitriles is 1. The molecule has 1 fully saturated rings. The molecule has 1 N–H and O–H groups in total. The Kier molecular flexibility index (Phi) is 7.46.